The summed E-state index contributed by atoms with van der Waals surface area (Å²) in [6.07, 6.45) is 2.39. The predicted octanol–water partition coefficient (Wildman–Crippen LogP) is 6.35. The first-order valence-corrected chi connectivity index (χ1v) is 16.1. The molecule has 40 heavy (non-hydrogen) atoms. The molecule has 0 bridgehead atoms. The number of methoxy groups -OCH3 is 1. The highest BCUT2D eigenvalue weighted by Gasteiger charge is 2.33. The molecule has 10 heteroatoms. The summed E-state index contributed by atoms with van der Waals surface area (Å²) in [5.41, 5.74) is 3.44. The Labute approximate surface area is 270 Å². The number of allylic oxidation sites excluding steroid dienone is 1. The number of esters is 1. The molecule has 3 aromatic carbocycles. The van der Waals surface area contributed by atoms with E-state index in [9.17, 15) is 9.59 Å². The maximum Gasteiger partial charge on any atom is 0.338 e. The average molecular weight is 841 g/mol. The summed E-state index contributed by atoms with van der Waals surface area (Å²) >= 11 is 9.31. The van der Waals surface area contributed by atoms with Gasteiger partial charge in [-0.3, -0.25) is 9.36 Å². The smallest absolute Gasteiger partial charge is 0.338 e. The Morgan fingerprint density at radius 1 is 1.12 bits per heavy atom. The van der Waals surface area contributed by atoms with Gasteiger partial charge in [0.15, 0.2) is 4.80 Å². The van der Waals surface area contributed by atoms with Crippen LogP contribution in [-0.2, 0) is 16.1 Å². The van der Waals surface area contributed by atoms with E-state index in [0.29, 0.717) is 39.4 Å². The SMILES string of the molecule is CCC1=C(C(=O)OC)[C@@H](c2ccccc2)n2c(s/c(=C/c3cc(I)cc(I)c3OCc3ccc(Br)cc3)c2=O)=N1. The van der Waals surface area contributed by atoms with E-state index in [2.05, 4.69) is 61.1 Å². The van der Waals surface area contributed by atoms with Crippen LogP contribution in [0.5, 0.6) is 5.75 Å². The van der Waals surface area contributed by atoms with Crippen LogP contribution >= 0.6 is 72.4 Å². The number of thiazole rings is 1. The lowest BCUT2D eigenvalue weighted by Crippen LogP contribution is -2.40. The van der Waals surface area contributed by atoms with Gasteiger partial charge in [-0.05, 0) is 93.1 Å². The lowest BCUT2D eigenvalue weighted by atomic mass is 9.95. The first kappa shape index (κ1) is 29.2. The van der Waals surface area contributed by atoms with Crippen molar-refractivity contribution in [2.24, 2.45) is 4.99 Å². The zero-order chi connectivity index (χ0) is 28.4. The van der Waals surface area contributed by atoms with E-state index in [0.717, 1.165) is 28.3 Å². The van der Waals surface area contributed by atoms with Crippen molar-refractivity contribution >= 4 is 84.5 Å². The number of halogens is 3. The lowest BCUT2D eigenvalue weighted by Gasteiger charge is -2.25. The highest BCUT2D eigenvalue weighted by atomic mass is 127. The second-order valence-corrected chi connectivity index (χ2v) is 13.3. The van der Waals surface area contributed by atoms with Crippen LogP contribution in [0.3, 0.4) is 0 Å². The van der Waals surface area contributed by atoms with Crippen LogP contribution in [0.4, 0.5) is 0 Å². The van der Waals surface area contributed by atoms with Crippen molar-refractivity contribution in [1.82, 2.24) is 4.57 Å². The summed E-state index contributed by atoms with van der Waals surface area (Å²) in [6, 6.07) is 20.9. The van der Waals surface area contributed by atoms with Crippen molar-refractivity contribution in [2.75, 3.05) is 7.11 Å². The molecule has 1 atom stereocenters. The van der Waals surface area contributed by atoms with Gasteiger partial charge in [0.25, 0.3) is 5.56 Å². The molecule has 0 N–H and O–H groups in total. The molecule has 0 radical (unpaired) electrons. The third-order valence-electron chi connectivity index (χ3n) is 6.39. The van der Waals surface area contributed by atoms with Gasteiger partial charge in [0.05, 0.1) is 32.5 Å². The fourth-order valence-electron chi connectivity index (χ4n) is 4.53. The van der Waals surface area contributed by atoms with Gasteiger partial charge < -0.3 is 9.47 Å². The molecule has 0 unspecified atom stereocenters. The maximum atomic E-state index is 14.0. The van der Waals surface area contributed by atoms with Gasteiger partial charge in [-0.25, -0.2) is 9.79 Å². The molecule has 5 rings (SSSR count). The Hall–Kier alpha value is -2.29. The first-order chi connectivity index (χ1) is 19.3. The maximum absolute atomic E-state index is 14.0. The van der Waals surface area contributed by atoms with Crippen LogP contribution in [0.2, 0.25) is 0 Å². The molecule has 2 heterocycles. The summed E-state index contributed by atoms with van der Waals surface area (Å²) in [6.45, 7) is 2.34. The average Bonchev–Trinajstić information content (AvgIpc) is 3.26. The van der Waals surface area contributed by atoms with Gasteiger partial charge in [-0.1, -0.05) is 76.7 Å². The van der Waals surface area contributed by atoms with Crippen molar-refractivity contribution in [3.05, 3.63) is 126 Å². The zero-order valence-electron chi connectivity index (χ0n) is 21.5. The minimum atomic E-state index is -0.633. The molecule has 0 aliphatic carbocycles. The minimum Gasteiger partial charge on any atom is -0.487 e. The molecule has 0 fully saturated rings. The molecule has 0 spiro atoms. The van der Waals surface area contributed by atoms with Crippen LogP contribution in [0.15, 0.2) is 92.3 Å². The second-order valence-electron chi connectivity index (χ2n) is 8.92. The van der Waals surface area contributed by atoms with Crippen LogP contribution < -0.4 is 19.6 Å². The second kappa shape index (κ2) is 12.7. The van der Waals surface area contributed by atoms with Gasteiger partial charge in [-0.15, -0.1) is 0 Å². The number of hydrogen-bond donors (Lipinski definition) is 0. The first-order valence-electron chi connectivity index (χ1n) is 12.3. The Morgan fingerprint density at radius 3 is 2.52 bits per heavy atom. The Morgan fingerprint density at radius 2 is 1.85 bits per heavy atom. The number of hydrogen-bond acceptors (Lipinski definition) is 6. The predicted molar refractivity (Wildman–Crippen MR) is 177 cm³/mol. The summed E-state index contributed by atoms with van der Waals surface area (Å²) < 4.78 is 16.5. The van der Waals surface area contributed by atoms with Gasteiger partial charge in [0.1, 0.15) is 12.4 Å². The number of aromatic nitrogens is 1. The van der Waals surface area contributed by atoms with Crippen molar-refractivity contribution < 1.29 is 14.3 Å². The van der Waals surface area contributed by atoms with E-state index in [4.69, 9.17) is 14.5 Å². The van der Waals surface area contributed by atoms with Crippen LogP contribution in [0, 0.1) is 7.14 Å². The van der Waals surface area contributed by atoms with E-state index < -0.39 is 12.0 Å². The number of nitrogens with zero attached hydrogens (tertiary/aromatic N) is 2. The van der Waals surface area contributed by atoms with Crippen molar-refractivity contribution in [2.45, 2.75) is 26.0 Å². The molecule has 1 aromatic heterocycles. The normalized spacial score (nSPS) is 15.0. The molecule has 0 saturated heterocycles. The summed E-state index contributed by atoms with van der Waals surface area (Å²) in [7, 11) is 1.35. The molecule has 1 aliphatic rings. The third-order valence-corrected chi connectivity index (χ3v) is 9.32. The number of ether oxygens (including phenoxy) is 2. The molecule has 0 amide bonds. The molecule has 6 nitrogen and oxygen atoms in total. The minimum absolute atomic E-state index is 0.220. The Balaban J connectivity index is 1.66. The molecular weight excluding hydrogens is 818 g/mol. The molecule has 4 aromatic rings. The zero-order valence-corrected chi connectivity index (χ0v) is 28.2. The van der Waals surface area contributed by atoms with Crippen LogP contribution in [0.25, 0.3) is 6.08 Å². The number of carbonyl (C=O) groups is 1. The quantitative estimate of drug-likeness (QED) is 0.161. The number of carbonyl (C=O) groups excluding carboxylic acids is 1. The molecule has 1 aliphatic heterocycles. The Bertz CT molecular complexity index is 1800. The highest BCUT2D eigenvalue weighted by Crippen LogP contribution is 2.32. The fraction of sp³-hybridized carbons (Fsp3) is 0.167. The summed E-state index contributed by atoms with van der Waals surface area (Å²) in [4.78, 5) is 32.3. The lowest BCUT2D eigenvalue weighted by molar-refractivity contribution is -0.136. The van der Waals surface area contributed by atoms with Crippen LogP contribution in [0.1, 0.15) is 36.1 Å². The van der Waals surface area contributed by atoms with Crippen molar-refractivity contribution in [3.63, 3.8) is 0 Å². The van der Waals surface area contributed by atoms with Crippen molar-refractivity contribution in [1.29, 1.82) is 0 Å². The number of benzene rings is 3. The topological polar surface area (TPSA) is 69.9 Å². The van der Waals surface area contributed by atoms with Crippen molar-refractivity contribution in [3.8, 4) is 5.75 Å². The van der Waals surface area contributed by atoms with E-state index in [-0.39, 0.29) is 5.56 Å². The third kappa shape index (κ3) is 6.00. The number of rotatable bonds is 7. The molecule has 0 saturated carbocycles. The summed E-state index contributed by atoms with van der Waals surface area (Å²) in [5, 5.41) is 0. The van der Waals surface area contributed by atoms with E-state index in [1.807, 2.05) is 79.7 Å². The van der Waals surface area contributed by atoms with Gasteiger partial charge in [0.2, 0.25) is 0 Å². The van der Waals surface area contributed by atoms with Gasteiger partial charge in [-0.2, -0.15) is 0 Å². The molecular formula is C30H23BrI2N2O4S. The van der Waals surface area contributed by atoms with E-state index >= 15 is 0 Å². The molecule has 204 valence electrons. The van der Waals surface area contributed by atoms with Gasteiger partial charge >= 0.3 is 5.97 Å². The summed E-state index contributed by atoms with van der Waals surface area (Å²) in [5.74, 6) is 0.221. The standard InChI is InChI=1S/C30H23BrI2N2O4S/c1-3-23-25(29(37)38-2)26(18-7-5-4-6-8-18)35-28(36)24(40-30(35)34-23)14-19-13-21(32)15-22(33)27(19)39-16-17-9-11-20(31)12-10-17/h4-15,26H,3,16H2,1-2H3/b24-14+/t26-/m1/s1. The largest absolute Gasteiger partial charge is 0.487 e. The van der Waals surface area contributed by atoms with E-state index in [1.54, 1.807) is 4.57 Å². The Kier molecular flexibility index (Phi) is 9.28. The van der Waals surface area contributed by atoms with E-state index in [1.165, 1.54) is 18.4 Å². The number of fused-ring (bicyclic) bond motifs is 1. The fourth-order valence-corrected chi connectivity index (χ4v) is 7.85. The monoisotopic (exact) mass is 840 g/mol. The van der Waals surface area contributed by atoms with Gasteiger partial charge in [0, 0.05) is 13.6 Å². The van der Waals surface area contributed by atoms with Crippen LogP contribution in [-0.4, -0.2) is 17.6 Å². The highest BCUT2D eigenvalue weighted by molar-refractivity contribution is 14.1.